The Morgan fingerprint density at radius 2 is 2.04 bits per heavy atom. The molecule has 3 rings (SSSR count). The van der Waals surface area contributed by atoms with Crippen molar-refractivity contribution in [2.75, 3.05) is 26.7 Å². The third kappa shape index (κ3) is 5.06. The lowest BCUT2D eigenvalue weighted by molar-refractivity contribution is 0.0951. The maximum Gasteiger partial charge on any atom is 0.252 e. The Morgan fingerprint density at radius 1 is 1.22 bits per heavy atom. The van der Waals surface area contributed by atoms with Crippen molar-refractivity contribution in [3.63, 3.8) is 0 Å². The van der Waals surface area contributed by atoms with Crippen LogP contribution in [0.15, 0.2) is 42.5 Å². The van der Waals surface area contributed by atoms with Crippen LogP contribution in [-0.4, -0.2) is 42.5 Å². The Kier molecular flexibility index (Phi) is 6.83. The summed E-state index contributed by atoms with van der Waals surface area (Å²) in [6, 6.07) is 13.4. The standard InChI is InChI=1S/C21H24ClN3OS/c1-3-4-12-25(2)13-11-23-21(26)16-14-18(19-9-10-20(22)27-19)24-17-8-6-5-7-15(16)17/h5-10,14H,3-4,11-13H2,1-2H3,(H,23,26). The minimum Gasteiger partial charge on any atom is -0.351 e. The first-order valence-electron chi connectivity index (χ1n) is 9.20. The van der Waals surface area contributed by atoms with Crippen LogP contribution in [0.3, 0.4) is 0 Å². The lowest BCUT2D eigenvalue weighted by Crippen LogP contribution is -2.33. The second-order valence-electron chi connectivity index (χ2n) is 6.59. The highest BCUT2D eigenvalue weighted by Crippen LogP contribution is 2.32. The first-order valence-corrected chi connectivity index (χ1v) is 10.4. The molecule has 4 nitrogen and oxygen atoms in total. The predicted octanol–water partition coefficient (Wildman–Crippen LogP) is 5.08. The highest BCUT2D eigenvalue weighted by atomic mass is 35.5. The maximum absolute atomic E-state index is 12.9. The fourth-order valence-electron chi connectivity index (χ4n) is 2.94. The van der Waals surface area contributed by atoms with Crippen LogP contribution in [0.2, 0.25) is 4.34 Å². The number of likely N-dealkylation sites (N-methyl/N-ethyl adjacent to an activating group) is 1. The zero-order chi connectivity index (χ0) is 19.2. The summed E-state index contributed by atoms with van der Waals surface area (Å²) in [4.78, 5) is 20.8. The number of unbranched alkanes of at least 4 members (excludes halogenated alkanes) is 1. The number of benzene rings is 1. The van der Waals surface area contributed by atoms with E-state index in [0.29, 0.717) is 16.4 Å². The summed E-state index contributed by atoms with van der Waals surface area (Å²) in [5, 5.41) is 3.91. The summed E-state index contributed by atoms with van der Waals surface area (Å²) in [7, 11) is 2.09. The summed E-state index contributed by atoms with van der Waals surface area (Å²) in [5.41, 5.74) is 2.23. The third-order valence-electron chi connectivity index (χ3n) is 4.46. The summed E-state index contributed by atoms with van der Waals surface area (Å²) in [5.74, 6) is -0.0682. The maximum atomic E-state index is 12.9. The van der Waals surface area contributed by atoms with Crippen molar-refractivity contribution in [2.45, 2.75) is 19.8 Å². The van der Waals surface area contributed by atoms with Gasteiger partial charge in [-0.25, -0.2) is 4.98 Å². The number of amides is 1. The van der Waals surface area contributed by atoms with Crippen LogP contribution < -0.4 is 5.32 Å². The van der Waals surface area contributed by atoms with Crippen LogP contribution in [-0.2, 0) is 0 Å². The molecule has 0 bridgehead atoms. The molecule has 2 aromatic heterocycles. The molecule has 0 aliphatic heterocycles. The van der Waals surface area contributed by atoms with Crippen LogP contribution in [0.25, 0.3) is 21.5 Å². The number of hydrogen-bond acceptors (Lipinski definition) is 4. The number of nitrogens with one attached hydrogen (secondary N) is 1. The minimum atomic E-state index is -0.0682. The highest BCUT2D eigenvalue weighted by Gasteiger charge is 2.14. The highest BCUT2D eigenvalue weighted by molar-refractivity contribution is 7.19. The van der Waals surface area contributed by atoms with E-state index in [1.807, 2.05) is 42.5 Å². The molecule has 0 atom stereocenters. The second kappa shape index (κ2) is 9.31. The number of aromatic nitrogens is 1. The Hall–Kier alpha value is -1.95. The fourth-order valence-corrected chi connectivity index (χ4v) is 3.94. The van der Waals surface area contributed by atoms with E-state index in [1.165, 1.54) is 24.2 Å². The molecule has 27 heavy (non-hydrogen) atoms. The minimum absolute atomic E-state index is 0.0682. The first kappa shape index (κ1) is 19.8. The van der Waals surface area contributed by atoms with E-state index in [9.17, 15) is 4.79 Å². The molecule has 0 fully saturated rings. The van der Waals surface area contributed by atoms with Gasteiger partial charge in [-0.2, -0.15) is 0 Å². The van der Waals surface area contributed by atoms with Gasteiger partial charge in [-0.1, -0.05) is 43.1 Å². The van der Waals surface area contributed by atoms with Gasteiger partial charge in [-0.3, -0.25) is 4.79 Å². The Bertz CT molecular complexity index is 925. The Morgan fingerprint density at radius 3 is 2.78 bits per heavy atom. The number of carbonyl (C=O) groups excluding carboxylic acids is 1. The van der Waals surface area contributed by atoms with E-state index in [-0.39, 0.29) is 5.91 Å². The van der Waals surface area contributed by atoms with E-state index in [1.54, 1.807) is 0 Å². The predicted molar refractivity (Wildman–Crippen MR) is 115 cm³/mol. The quantitative estimate of drug-likeness (QED) is 0.572. The zero-order valence-electron chi connectivity index (χ0n) is 15.7. The van der Waals surface area contributed by atoms with Gasteiger partial charge in [0.15, 0.2) is 0 Å². The van der Waals surface area contributed by atoms with Crippen LogP contribution in [0.1, 0.15) is 30.1 Å². The van der Waals surface area contributed by atoms with Gasteiger partial charge in [0.1, 0.15) is 0 Å². The molecule has 0 saturated heterocycles. The number of halogens is 1. The molecule has 1 aromatic carbocycles. The van der Waals surface area contributed by atoms with Gasteiger partial charge in [0.05, 0.1) is 26.0 Å². The average molecular weight is 402 g/mol. The van der Waals surface area contributed by atoms with E-state index in [0.717, 1.165) is 34.6 Å². The molecule has 0 aliphatic carbocycles. The van der Waals surface area contributed by atoms with Gasteiger partial charge in [0.25, 0.3) is 5.91 Å². The molecule has 3 aromatic rings. The van der Waals surface area contributed by atoms with Crippen LogP contribution in [0.4, 0.5) is 0 Å². The first-order chi connectivity index (χ1) is 13.1. The van der Waals surface area contributed by atoms with Crippen molar-refractivity contribution in [2.24, 2.45) is 0 Å². The van der Waals surface area contributed by atoms with Gasteiger partial charge >= 0.3 is 0 Å². The molecular weight excluding hydrogens is 378 g/mol. The molecule has 0 aliphatic rings. The molecule has 6 heteroatoms. The molecule has 1 amide bonds. The number of para-hydroxylation sites is 1. The van der Waals surface area contributed by atoms with E-state index < -0.39 is 0 Å². The van der Waals surface area contributed by atoms with Crippen molar-refractivity contribution in [1.29, 1.82) is 0 Å². The average Bonchev–Trinajstić information content (AvgIpc) is 3.11. The van der Waals surface area contributed by atoms with Gasteiger partial charge in [-0.05, 0) is 44.3 Å². The number of hydrogen-bond donors (Lipinski definition) is 1. The monoisotopic (exact) mass is 401 g/mol. The number of nitrogens with zero attached hydrogens (tertiary/aromatic N) is 2. The van der Waals surface area contributed by atoms with Gasteiger partial charge in [0, 0.05) is 18.5 Å². The normalized spacial score (nSPS) is 11.3. The van der Waals surface area contributed by atoms with E-state index >= 15 is 0 Å². The molecule has 2 heterocycles. The van der Waals surface area contributed by atoms with Crippen molar-refractivity contribution >= 4 is 39.7 Å². The molecular formula is C21H24ClN3OS. The van der Waals surface area contributed by atoms with Crippen molar-refractivity contribution in [3.8, 4) is 10.6 Å². The van der Waals surface area contributed by atoms with Crippen LogP contribution in [0, 0.1) is 0 Å². The lowest BCUT2D eigenvalue weighted by atomic mass is 10.1. The number of thiophene rings is 1. The van der Waals surface area contributed by atoms with E-state index in [2.05, 4.69) is 24.2 Å². The largest absolute Gasteiger partial charge is 0.351 e. The summed E-state index contributed by atoms with van der Waals surface area (Å²) >= 11 is 7.54. The smallest absolute Gasteiger partial charge is 0.252 e. The van der Waals surface area contributed by atoms with Gasteiger partial charge in [-0.15, -0.1) is 11.3 Å². The summed E-state index contributed by atoms with van der Waals surface area (Å²) < 4.78 is 0.709. The third-order valence-corrected chi connectivity index (χ3v) is 5.71. The molecule has 0 saturated carbocycles. The molecule has 1 N–H and O–H groups in total. The van der Waals surface area contributed by atoms with Crippen LogP contribution >= 0.6 is 22.9 Å². The number of rotatable bonds is 8. The Balaban J connectivity index is 1.81. The van der Waals surface area contributed by atoms with Crippen molar-refractivity contribution in [1.82, 2.24) is 15.2 Å². The van der Waals surface area contributed by atoms with Crippen molar-refractivity contribution < 1.29 is 4.79 Å². The fraction of sp³-hybridized carbons (Fsp3) is 0.333. The second-order valence-corrected chi connectivity index (χ2v) is 8.30. The lowest BCUT2D eigenvalue weighted by Gasteiger charge is -2.16. The van der Waals surface area contributed by atoms with Gasteiger partial charge in [0.2, 0.25) is 0 Å². The summed E-state index contributed by atoms with van der Waals surface area (Å²) in [6.07, 6.45) is 2.35. The van der Waals surface area contributed by atoms with Gasteiger partial charge < -0.3 is 10.2 Å². The van der Waals surface area contributed by atoms with Crippen molar-refractivity contribution in [3.05, 3.63) is 52.4 Å². The van der Waals surface area contributed by atoms with E-state index in [4.69, 9.17) is 16.6 Å². The van der Waals surface area contributed by atoms with Crippen LogP contribution in [0.5, 0.6) is 0 Å². The topological polar surface area (TPSA) is 45.2 Å². The molecule has 142 valence electrons. The summed E-state index contributed by atoms with van der Waals surface area (Å²) in [6.45, 7) is 4.69. The molecule has 0 radical (unpaired) electrons. The number of pyridine rings is 1. The SMILES string of the molecule is CCCCN(C)CCNC(=O)c1cc(-c2ccc(Cl)s2)nc2ccccc12. The Labute approximate surface area is 169 Å². The molecule has 0 spiro atoms. The number of carbonyl (C=O) groups is 1. The number of fused-ring (bicyclic) bond motifs is 1. The molecule has 0 unspecified atom stereocenters. The zero-order valence-corrected chi connectivity index (χ0v) is 17.2.